The van der Waals surface area contributed by atoms with Gasteiger partial charge in [0.15, 0.2) is 5.69 Å². The van der Waals surface area contributed by atoms with Crippen molar-refractivity contribution in [1.82, 2.24) is 9.78 Å². The summed E-state index contributed by atoms with van der Waals surface area (Å²) in [5.74, 6) is 0. The molecule has 1 heterocycles. The zero-order chi connectivity index (χ0) is 32.1. The van der Waals surface area contributed by atoms with E-state index in [1.54, 1.807) is 0 Å². The third-order valence-electron chi connectivity index (χ3n) is 5.50. The Morgan fingerprint density at radius 2 is 1.47 bits per heavy atom. The number of halogens is 2. The smallest absolute Gasteiger partial charge is 0.293 e. The van der Waals surface area contributed by atoms with Crippen molar-refractivity contribution in [2.75, 3.05) is 0 Å². The third kappa shape index (κ3) is 6.92. The van der Waals surface area contributed by atoms with Gasteiger partial charge in [0, 0.05) is 10.3 Å². The highest BCUT2D eigenvalue weighted by Gasteiger charge is 2.24. The van der Waals surface area contributed by atoms with Gasteiger partial charge in [0.2, 0.25) is 0 Å². The van der Waals surface area contributed by atoms with E-state index in [9.17, 15) is 43.7 Å². The summed E-state index contributed by atoms with van der Waals surface area (Å²) in [7, 11) is -14.8. The lowest BCUT2D eigenvalue weighted by atomic mass is 10.1. The van der Waals surface area contributed by atoms with Crippen molar-refractivity contribution < 1.29 is 53.5 Å². The van der Waals surface area contributed by atoms with E-state index < -0.39 is 67.0 Å². The number of benzene rings is 3. The van der Waals surface area contributed by atoms with Gasteiger partial charge in [-0.25, -0.2) is 9.94 Å². The van der Waals surface area contributed by atoms with Crippen LogP contribution in [0, 0.1) is 6.92 Å². The van der Waals surface area contributed by atoms with Gasteiger partial charge in [-0.05, 0) is 48.7 Å². The number of nitrogens with one attached hydrogen (secondary N) is 1. The van der Waals surface area contributed by atoms with Crippen molar-refractivity contribution in [3.8, 4) is 5.69 Å². The molecule has 0 aliphatic rings. The van der Waals surface area contributed by atoms with Gasteiger partial charge in [0.25, 0.3) is 35.9 Å². The lowest BCUT2D eigenvalue weighted by Crippen LogP contribution is -2.15. The second-order valence-electron chi connectivity index (χ2n) is 8.27. The van der Waals surface area contributed by atoms with Crippen LogP contribution in [-0.4, -0.2) is 53.9 Å². The summed E-state index contributed by atoms with van der Waals surface area (Å²) in [6.07, 6.45) is 0. The monoisotopic (exact) mass is 716 g/mol. The zero-order valence-electron chi connectivity index (χ0n) is 20.7. The van der Waals surface area contributed by atoms with Crippen LogP contribution < -0.4 is 5.56 Å². The van der Waals surface area contributed by atoms with Crippen LogP contribution in [0.15, 0.2) is 71.0 Å². The van der Waals surface area contributed by atoms with E-state index in [0.717, 1.165) is 35.0 Å². The molecule has 3 aromatic carbocycles. The second kappa shape index (κ2) is 11.9. The van der Waals surface area contributed by atoms with Gasteiger partial charge in [0.05, 0.1) is 33.5 Å². The Kier molecular flexibility index (Phi) is 9.10. The topological polar surface area (TPSA) is 264 Å². The highest BCUT2D eigenvalue weighted by molar-refractivity contribution is 7.94. The molecule has 0 radical (unpaired) electrons. The number of nitrogens with zero attached hydrogens (tertiary/aromatic N) is 3. The van der Waals surface area contributed by atoms with Crippen molar-refractivity contribution in [3.05, 3.63) is 62.5 Å². The summed E-state index contributed by atoms with van der Waals surface area (Å²) < 4.78 is 105. The molecular formula is C20H14Cl2N4O13S4. The van der Waals surface area contributed by atoms with Crippen LogP contribution in [0.2, 0.25) is 10.0 Å². The van der Waals surface area contributed by atoms with Crippen LogP contribution in [0.1, 0.15) is 5.69 Å². The molecule has 0 bridgehead atoms. The Balaban J connectivity index is 1.91. The maximum atomic E-state index is 13.1. The molecule has 0 saturated heterocycles. The molecule has 230 valence electrons. The summed E-state index contributed by atoms with van der Waals surface area (Å²) >= 11 is 12.3. The molecule has 5 N–H and O–H groups in total. The molecule has 0 unspecified atom stereocenters. The predicted octanol–water partition coefficient (Wildman–Crippen LogP) is 4.52. The van der Waals surface area contributed by atoms with Crippen LogP contribution in [0.5, 0.6) is 0 Å². The minimum atomic E-state index is -5.05. The lowest BCUT2D eigenvalue weighted by molar-refractivity contribution is -0.432. The second-order valence-corrected chi connectivity index (χ2v) is 14.0. The van der Waals surface area contributed by atoms with Crippen LogP contribution in [0.25, 0.3) is 16.5 Å². The van der Waals surface area contributed by atoms with Gasteiger partial charge in [0.1, 0.15) is 20.4 Å². The molecule has 43 heavy (non-hydrogen) atoms. The normalized spacial score (nSPS) is 12.9. The quantitative estimate of drug-likeness (QED) is 0.0524. The first-order valence-electron chi connectivity index (χ1n) is 10.7. The Morgan fingerprint density at radius 3 is 2.05 bits per heavy atom. The van der Waals surface area contributed by atoms with Crippen LogP contribution in [0.3, 0.4) is 0 Å². The number of azo groups is 1. The Labute approximate surface area is 255 Å². The van der Waals surface area contributed by atoms with Crippen molar-refractivity contribution in [2.24, 2.45) is 10.2 Å². The van der Waals surface area contributed by atoms with Gasteiger partial charge in [-0.1, -0.05) is 28.2 Å². The minimum absolute atomic E-state index is 0.0281. The highest BCUT2D eigenvalue weighted by atomic mass is 35.5. The Morgan fingerprint density at radius 1 is 0.837 bits per heavy atom. The molecule has 1 aromatic heterocycles. The van der Waals surface area contributed by atoms with E-state index >= 15 is 0 Å². The number of aromatic nitrogens is 2. The lowest BCUT2D eigenvalue weighted by Gasteiger charge is -2.10. The number of aryl methyl sites for hydroxylation is 1. The van der Waals surface area contributed by atoms with Crippen molar-refractivity contribution in [2.45, 2.75) is 26.5 Å². The predicted molar refractivity (Wildman–Crippen MR) is 149 cm³/mol. The first-order valence-corrected chi connectivity index (χ1v) is 16.6. The van der Waals surface area contributed by atoms with E-state index in [0.29, 0.717) is 12.0 Å². The molecule has 17 nitrogen and oxygen atoms in total. The number of rotatable bonds is 9. The Hall–Kier alpha value is -2.93. The summed E-state index contributed by atoms with van der Waals surface area (Å²) in [4.78, 5) is 10.7. The summed E-state index contributed by atoms with van der Waals surface area (Å²) in [6.45, 7) is 1.35. The first-order chi connectivity index (χ1) is 19.8. The molecule has 0 aliphatic heterocycles. The zero-order valence-corrected chi connectivity index (χ0v) is 25.4. The summed E-state index contributed by atoms with van der Waals surface area (Å²) in [6, 6.07) is 5.48. The molecule has 0 saturated carbocycles. The number of fused-ring (bicyclic) bond motifs is 1. The van der Waals surface area contributed by atoms with Crippen LogP contribution in [0.4, 0.5) is 11.4 Å². The molecular weight excluding hydrogens is 703 g/mol. The fraction of sp³-hybridized carbons (Fsp3) is 0.0500. The van der Waals surface area contributed by atoms with E-state index in [4.69, 9.17) is 28.5 Å². The standard InChI is InChI=1S/C20H14Cl2N4O13S4/c1-8-19(20(27)26(25-8)15-6-13(22)17(7-12(15)21)42(32,33)34)24-23-14-5-11-9(3-18(14)43(35,36)37)2-10(40-39-38-28)4-16(11)41(29,30)31/h2-7,25,28H,1H3,(H,29,30,31)(H,32,33,34)(H,35,36,37). The van der Waals surface area contributed by atoms with Crippen molar-refractivity contribution in [3.63, 3.8) is 0 Å². The first kappa shape index (κ1) is 33.0. The van der Waals surface area contributed by atoms with E-state index in [-0.39, 0.29) is 32.1 Å². The number of aromatic amines is 1. The van der Waals surface area contributed by atoms with E-state index in [1.807, 2.05) is 0 Å². The molecule has 4 aromatic rings. The SMILES string of the molecule is Cc1[nH]n(-c2cc(Cl)c(S(=O)(=O)O)cc2Cl)c(=O)c1N=Nc1cc2c(S(=O)(=O)O)cc(SOOO)cc2cc1S(=O)(=O)O. The molecule has 0 spiro atoms. The van der Waals surface area contributed by atoms with Crippen LogP contribution >= 0.6 is 35.2 Å². The maximum Gasteiger partial charge on any atom is 0.299 e. The number of H-pyrrole nitrogens is 1. The maximum absolute atomic E-state index is 13.1. The Bertz CT molecular complexity index is 2220. The minimum Gasteiger partial charge on any atom is -0.293 e. The molecule has 23 heteroatoms. The van der Waals surface area contributed by atoms with Gasteiger partial charge in [-0.2, -0.15) is 25.3 Å². The molecule has 0 atom stereocenters. The van der Waals surface area contributed by atoms with Crippen LogP contribution in [-0.2, 0) is 39.7 Å². The number of hydrogen-bond acceptors (Lipinski definition) is 13. The average Bonchev–Trinajstić information content (AvgIpc) is 3.17. The van der Waals surface area contributed by atoms with E-state index in [1.165, 1.54) is 13.0 Å². The van der Waals surface area contributed by atoms with Crippen molar-refractivity contribution >= 4 is 87.7 Å². The third-order valence-corrected chi connectivity index (χ3v) is 9.46. The highest BCUT2D eigenvalue weighted by Crippen LogP contribution is 2.37. The van der Waals surface area contributed by atoms with Gasteiger partial charge in [-0.3, -0.25) is 23.6 Å². The van der Waals surface area contributed by atoms with Gasteiger partial charge >= 0.3 is 0 Å². The fourth-order valence-electron chi connectivity index (χ4n) is 3.74. The largest absolute Gasteiger partial charge is 0.299 e. The molecule has 4 rings (SSSR count). The molecule has 0 fully saturated rings. The summed E-state index contributed by atoms with van der Waals surface area (Å²) in [5.41, 5.74) is -2.17. The fourth-order valence-corrected chi connectivity index (χ4v) is 6.97. The number of hydrogen-bond donors (Lipinski definition) is 5. The van der Waals surface area contributed by atoms with Gasteiger partial charge < -0.3 is 0 Å². The van der Waals surface area contributed by atoms with E-state index in [2.05, 4.69) is 24.7 Å². The van der Waals surface area contributed by atoms with Crippen molar-refractivity contribution in [1.29, 1.82) is 0 Å². The summed E-state index contributed by atoms with van der Waals surface area (Å²) in [5, 5.41) is 20.6. The van der Waals surface area contributed by atoms with Gasteiger partial charge in [-0.15, -0.1) is 14.6 Å². The average molecular weight is 718 g/mol. The molecule has 0 aliphatic carbocycles. The molecule has 0 amide bonds.